The first-order valence-electron chi connectivity index (χ1n) is 12.8. The van der Waals surface area contributed by atoms with E-state index < -0.39 is 67.3 Å². The van der Waals surface area contributed by atoms with Crippen molar-refractivity contribution in [3.63, 3.8) is 0 Å². The number of alkyl halides is 3. The second-order valence-electron chi connectivity index (χ2n) is 9.43. The van der Waals surface area contributed by atoms with Crippen LogP contribution in [0, 0.1) is 0 Å². The second-order valence-corrected chi connectivity index (χ2v) is 10.4. The normalized spacial score (nSPS) is 17.0. The summed E-state index contributed by atoms with van der Waals surface area (Å²) in [7, 11) is 0. The minimum Gasteiger partial charge on any atom is -0.451 e. The van der Waals surface area contributed by atoms with E-state index in [9.17, 15) is 27.6 Å². The van der Waals surface area contributed by atoms with Crippen LogP contribution in [-0.2, 0) is 15.2 Å². The van der Waals surface area contributed by atoms with Gasteiger partial charge >= 0.3 is 12.3 Å². The van der Waals surface area contributed by atoms with Gasteiger partial charge in [0.05, 0.1) is 12.6 Å². The molecular weight excluding hydrogens is 579 g/mol. The van der Waals surface area contributed by atoms with Crippen LogP contribution in [0.2, 0.25) is 0 Å². The molecule has 0 fully saturated rings. The highest BCUT2D eigenvalue weighted by Crippen LogP contribution is 2.43. The summed E-state index contributed by atoms with van der Waals surface area (Å²) in [6, 6.07) is 13.3. The molecule has 14 heteroatoms. The molecule has 5 rings (SSSR count). The maximum absolute atomic E-state index is 14.1. The number of halogens is 3. The van der Waals surface area contributed by atoms with E-state index in [0.29, 0.717) is 10.7 Å². The first kappa shape index (κ1) is 29.3. The summed E-state index contributed by atoms with van der Waals surface area (Å²) in [6.07, 6.45) is -4.66. The number of hydrogen-bond donors (Lipinski definition) is 1. The average molecular weight is 606 g/mol. The summed E-state index contributed by atoms with van der Waals surface area (Å²) in [6.45, 7) is -1.25. The van der Waals surface area contributed by atoms with Crippen molar-refractivity contribution in [3.8, 4) is 5.75 Å². The molecule has 3 aromatic rings. The summed E-state index contributed by atoms with van der Waals surface area (Å²) < 4.78 is 58.2. The van der Waals surface area contributed by atoms with Crippen molar-refractivity contribution in [1.29, 1.82) is 0 Å². The highest BCUT2D eigenvalue weighted by atomic mass is 32.2. The smallest absolute Gasteiger partial charge is 0.451 e. The highest BCUT2D eigenvalue weighted by Gasteiger charge is 2.47. The van der Waals surface area contributed by atoms with Gasteiger partial charge < -0.3 is 24.2 Å². The number of pyridine rings is 1. The lowest BCUT2D eigenvalue weighted by molar-refractivity contribution is -0.173. The van der Waals surface area contributed by atoms with Crippen molar-refractivity contribution in [2.45, 2.75) is 35.8 Å². The molecule has 1 N–H and O–H groups in total. The summed E-state index contributed by atoms with van der Waals surface area (Å²) in [5, 5.41) is 10.4. The van der Waals surface area contributed by atoms with E-state index in [1.165, 1.54) is 10.9 Å². The number of nitrogens with zero attached hydrogens (tertiary/aromatic N) is 3. The van der Waals surface area contributed by atoms with Gasteiger partial charge in [0.25, 0.3) is 5.91 Å². The molecule has 0 spiro atoms. The van der Waals surface area contributed by atoms with Gasteiger partial charge in [-0.1, -0.05) is 42.5 Å². The number of rotatable bonds is 7. The highest BCUT2D eigenvalue weighted by molar-refractivity contribution is 7.98. The number of aliphatic hydroxyl groups is 1. The Morgan fingerprint density at radius 3 is 2.52 bits per heavy atom. The van der Waals surface area contributed by atoms with E-state index in [1.807, 2.05) is 48.5 Å². The summed E-state index contributed by atoms with van der Waals surface area (Å²) in [5.74, 6) is -1.06. The first-order valence-corrected chi connectivity index (χ1v) is 13.8. The monoisotopic (exact) mass is 605 g/mol. The number of aromatic nitrogens is 1. The topological polar surface area (TPSA) is 111 Å². The number of ether oxygens (including phenoxy) is 3. The fourth-order valence-corrected chi connectivity index (χ4v) is 5.98. The molecular formula is C28H26F3N3O7S. The molecule has 2 aromatic carbocycles. The van der Waals surface area contributed by atoms with Gasteiger partial charge in [-0.25, -0.2) is 4.79 Å². The van der Waals surface area contributed by atoms with Crippen molar-refractivity contribution < 1.29 is 42.1 Å². The number of aliphatic hydroxyl groups excluding tert-OH is 1. The summed E-state index contributed by atoms with van der Waals surface area (Å²) in [5.41, 5.74) is 1.34. The number of amides is 1. The Morgan fingerprint density at radius 1 is 1.07 bits per heavy atom. The van der Waals surface area contributed by atoms with E-state index >= 15 is 0 Å². The lowest BCUT2D eigenvalue weighted by Gasteiger charge is -2.46. The van der Waals surface area contributed by atoms with Gasteiger partial charge in [0.2, 0.25) is 18.0 Å². The molecule has 3 heterocycles. The minimum absolute atomic E-state index is 0.345. The van der Waals surface area contributed by atoms with Gasteiger partial charge in [-0.15, -0.1) is 11.8 Å². The van der Waals surface area contributed by atoms with Crippen LogP contribution in [0.5, 0.6) is 5.75 Å². The van der Waals surface area contributed by atoms with E-state index in [2.05, 4.69) is 4.74 Å². The Morgan fingerprint density at radius 2 is 1.79 bits per heavy atom. The predicted molar refractivity (Wildman–Crippen MR) is 145 cm³/mol. The van der Waals surface area contributed by atoms with Crippen molar-refractivity contribution in [2.24, 2.45) is 0 Å². The van der Waals surface area contributed by atoms with Gasteiger partial charge in [-0.05, 0) is 29.7 Å². The van der Waals surface area contributed by atoms with Crippen molar-refractivity contribution >= 4 is 23.8 Å². The van der Waals surface area contributed by atoms with Crippen molar-refractivity contribution in [2.75, 3.05) is 31.7 Å². The number of thioether (sulfide) groups is 1. The number of hydrogen-bond acceptors (Lipinski definition) is 9. The Labute approximate surface area is 242 Å². The maximum Gasteiger partial charge on any atom is 0.511 e. The maximum atomic E-state index is 14.1. The largest absolute Gasteiger partial charge is 0.511 e. The van der Waals surface area contributed by atoms with Crippen LogP contribution in [0.25, 0.3) is 0 Å². The van der Waals surface area contributed by atoms with Crippen LogP contribution in [0.3, 0.4) is 0 Å². The van der Waals surface area contributed by atoms with Gasteiger partial charge in [0, 0.05) is 22.9 Å². The van der Waals surface area contributed by atoms with Gasteiger partial charge in [-0.2, -0.15) is 13.2 Å². The molecule has 0 unspecified atom stereocenters. The van der Waals surface area contributed by atoms with Gasteiger partial charge in [0.15, 0.2) is 5.69 Å². The predicted octanol–water partition coefficient (Wildman–Crippen LogP) is 4.03. The summed E-state index contributed by atoms with van der Waals surface area (Å²) in [4.78, 5) is 39.9. The average Bonchev–Trinajstić information content (AvgIpc) is 3.13. The molecule has 2 aliphatic heterocycles. The van der Waals surface area contributed by atoms with E-state index in [4.69, 9.17) is 14.6 Å². The van der Waals surface area contributed by atoms with Crippen molar-refractivity contribution in [1.82, 2.24) is 9.58 Å². The first-order chi connectivity index (χ1) is 20.1. The molecule has 10 nitrogen and oxygen atoms in total. The zero-order valence-corrected chi connectivity index (χ0v) is 23.1. The van der Waals surface area contributed by atoms with E-state index in [-0.39, 0.29) is 6.61 Å². The molecule has 0 radical (unpaired) electrons. The molecule has 0 aliphatic carbocycles. The lowest BCUT2D eigenvalue weighted by Crippen LogP contribution is -2.60. The zero-order valence-electron chi connectivity index (χ0n) is 22.2. The third kappa shape index (κ3) is 5.63. The van der Waals surface area contributed by atoms with Crippen LogP contribution in [0.1, 0.15) is 40.1 Å². The van der Waals surface area contributed by atoms with Gasteiger partial charge in [-0.3, -0.25) is 19.3 Å². The van der Waals surface area contributed by atoms with Crippen LogP contribution in [0.4, 0.5) is 18.0 Å². The fraction of sp³-hybridized carbons (Fsp3) is 0.321. The number of carbonyl (C=O) groups is 2. The van der Waals surface area contributed by atoms with E-state index in [0.717, 1.165) is 34.6 Å². The Hall–Kier alpha value is -4.17. The molecule has 2 aliphatic rings. The van der Waals surface area contributed by atoms with Gasteiger partial charge in [0.1, 0.15) is 19.3 Å². The molecule has 222 valence electrons. The quantitative estimate of drug-likeness (QED) is 0.315. The Bertz CT molecular complexity index is 1500. The number of benzene rings is 2. The zero-order chi connectivity index (χ0) is 30.0. The Kier molecular flexibility index (Phi) is 8.36. The molecule has 0 saturated heterocycles. The standard InChI is InChI=1S/C28H26F3N3O7S/c1-17(28(29,30)31)32-15-34(23-19-7-3-2-6-18(19)14-42-22-9-5-4-8-20(22)23)33-11-10-21(36)25(24(33)26(32)37)40-16-41-27(38)39-13-12-35/h2-11,17,23,35H,12-16H2,1H3/t17-,23-/m0/s1. The number of fused-ring (bicyclic) bond motifs is 3. The molecule has 1 aromatic heterocycles. The lowest BCUT2D eigenvalue weighted by atomic mass is 9.94. The molecule has 0 bridgehead atoms. The van der Waals surface area contributed by atoms with Crippen LogP contribution in [-0.4, -0.2) is 65.6 Å². The molecule has 42 heavy (non-hydrogen) atoms. The van der Waals surface area contributed by atoms with Crippen LogP contribution >= 0.6 is 11.8 Å². The molecule has 0 saturated carbocycles. The fourth-order valence-electron chi connectivity index (χ4n) is 4.89. The van der Waals surface area contributed by atoms with Crippen LogP contribution in [0.15, 0.2) is 70.5 Å². The van der Waals surface area contributed by atoms with Crippen LogP contribution < -0.4 is 15.2 Å². The molecule has 1 amide bonds. The minimum atomic E-state index is -4.77. The Balaban J connectivity index is 1.65. The number of carbonyl (C=O) groups excluding carboxylic acids is 2. The van der Waals surface area contributed by atoms with Crippen molar-refractivity contribution in [3.05, 3.63) is 93.4 Å². The molecule has 2 atom stereocenters. The van der Waals surface area contributed by atoms with E-state index in [1.54, 1.807) is 16.8 Å². The second kappa shape index (κ2) is 12.0. The SMILES string of the molecule is C[C@H](N1CN([C@H]2c3ccccc3CSc3ccccc32)n2ccc(=O)c(OCOC(=O)OCCO)c2C1=O)C(F)(F)F. The third-order valence-corrected chi connectivity index (χ3v) is 8.09. The third-order valence-electron chi connectivity index (χ3n) is 6.95. The summed E-state index contributed by atoms with van der Waals surface area (Å²) >= 11 is 1.59.